The molecule has 0 spiro atoms. The zero-order valence-electron chi connectivity index (χ0n) is 15.3. The summed E-state index contributed by atoms with van der Waals surface area (Å²) in [5.74, 6) is 0.919. The Hall–Kier alpha value is -3.01. The number of rotatable bonds is 6. The number of hydrogen-bond acceptors (Lipinski definition) is 2. The molecule has 1 amide bonds. The Kier molecular flexibility index (Phi) is 4.48. The molecule has 0 bridgehead atoms. The van der Waals surface area contributed by atoms with Crippen LogP contribution < -0.4 is 10.1 Å². The molecular formula is C23H23NO3. The van der Waals surface area contributed by atoms with Crippen molar-refractivity contribution in [1.82, 2.24) is 5.32 Å². The van der Waals surface area contributed by atoms with Gasteiger partial charge >= 0.3 is 6.09 Å². The van der Waals surface area contributed by atoms with Crippen LogP contribution in [0.3, 0.4) is 0 Å². The molecule has 3 aromatic carbocycles. The van der Waals surface area contributed by atoms with Crippen molar-refractivity contribution in [1.29, 1.82) is 0 Å². The van der Waals surface area contributed by atoms with Crippen molar-refractivity contribution in [2.75, 3.05) is 0 Å². The molecule has 27 heavy (non-hydrogen) atoms. The van der Waals surface area contributed by atoms with Crippen LogP contribution in [-0.4, -0.2) is 16.7 Å². The zero-order chi connectivity index (χ0) is 18.9. The summed E-state index contributed by atoms with van der Waals surface area (Å²) < 4.78 is 6.17. The fourth-order valence-electron chi connectivity index (χ4n) is 3.74. The van der Waals surface area contributed by atoms with Crippen LogP contribution in [0.1, 0.15) is 36.8 Å². The lowest BCUT2D eigenvalue weighted by molar-refractivity contribution is 0.186. The first-order chi connectivity index (χ1) is 13.1. The number of fused-ring (bicyclic) bond motifs is 1. The van der Waals surface area contributed by atoms with Gasteiger partial charge in [-0.05, 0) is 35.4 Å². The molecular weight excluding hydrogens is 338 g/mol. The van der Waals surface area contributed by atoms with Crippen LogP contribution >= 0.6 is 0 Å². The maximum absolute atomic E-state index is 11.2. The molecule has 4 rings (SSSR count). The Balaban J connectivity index is 1.67. The molecule has 1 atom stereocenters. The van der Waals surface area contributed by atoms with E-state index in [4.69, 9.17) is 4.74 Å². The number of ether oxygens (including phenoxy) is 1. The van der Waals surface area contributed by atoms with E-state index in [-0.39, 0.29) is 11.5 Å². The summed E-state index contributed by atoms with van der Waals surface area (Å²) in [4.78, 5) is 11.2. The van der Waals surface area contributed by atoms with E-state index in [2.05, 4.69) is 36.5 Å². The van der Waals surface area contributed by atoms with Gasteiger partial charge in [-0.15, -0.1) is 0 Å². The van der Waals surface area contributed by atoms with Crippen LogP contribution in [0, 0.1) is 0 Å². The lowest BCUT2D eigenvalue weighted by Gasteiger charge is -2.25. The van der Waals surface area contributed by atoms with E-state index in [9.17, 15) is 9.90 Å². The number of hydrogen-bond donors (Lipinski definition) is 2. The van der Waals surface area contributed by atoms with E-state index in [1.807, 2.05) is 42.5 Å². The minimum atomic E-state index is -0.958. The van der Waals surface area contributed by atoms with Crippen molar-refractivity contribution >= 4 is 16.9 Å². The molecule has 138 valence electrons. The van der Waals surface area contributed by atoms with Crippen molar-refractivity contribution in [3.8, 4) is 5.75 Å². The molecule has 1 fully saturated rings. The van der Waals surface area contributed by atoms with E-state index in [0.29, 0.717) is 6.61 Å². The average molecular weight is 361 g/mol. The molecule has 4 nitrogen and oxygen atoms in total. The largest absolute Gasteiger partial charge is 0.488 e. The lowest BCUT2D eigenvalue weighted by atomic mass is 9.89. The molecule has 2 N–H and O–H groups in total. The average Bonchev–Trinajstić information content (AvgIpc) is 3.46. The second-order valence-corrected chi connectivity index (χ2v) is 7.32. The van der Waals surface area contributed by atoms with E-state index in [1.54, 1.807) is 0 Å². The van der Waals surface area contributed by atoms with Gasteiger partial charge in [0.1, 0.15) is 12.4 Å². The number of benzene rings is 3. The van der Waals surface area contributed by atoms with Gasteiger partial charge in [0.25, 0.3) is 0 Å². The normalized spacial score (nSPS) is 15.9. The van der Waals surface area contributed by atoms with Crippen molar-refractivity contribution < 1.29 is 14.6 Å². The van der Waals surface area contributed by atoms with Gasteiger partial charge in [-0.3, -0.25) is 0 Å². The van der Waals surface area contributed by atoms with Gasteiger partial charge in [0, 0.05) is 11.3 Å². The van der Waals surface area contributed by atoms with Gasteiger partial charge in [-0.25, -0.2) is 4.79 Å². The van der Waals surface area contributed by atoms with Crippen LogP contribution in [0.15, 0.2) is 66.7 Å². The summed E-state index contributed by atoms with van der Waals surface area (Å²) >= 11 is 0. The van der Waals surface area contributed by atoms with E-state index in [1.165, 1.54) is 0 Å². The molecule has 0 aliphatic heterocycles. The smallest absolute Gasteiger partial charge is 0.405 e. The molecule has 0 aromatic heterocycles. The number of nitrogens with one attached hydrogen (secondary N) is 1. The molecule has 1 aliphatic carbocycles. The van der Waals surface area contributed by atoms with Gasteiger partial charge in [-0.2, -0.15) is 0 Å². The SMILES string of the molecule is CC(c1cc(OCc2ccccc2)c2ccccc2c1)C1(NC(=O)O)CC1. The van der Waals surface area contributed by atoms with E-state index < -0.39 is 6.09 Å². The molecule has 3 aromatic rings. The van der Waals surface area contributed by atoms with Crippen LogP contribution in [0.5, 0.6) is 5.75 Å². The second-order valence-electron chi connectivity index (χ2n) is 7.32. The Morgan fingerprint density at radius 3 is 2.52 bits per heavy atom. The highest BCUT2D eigenvalue weighted by Gasteiger charge is 2.49. The monoisotopic (exact) mass is 361 g/mol. The van der Waals surface area contributed by atoms with Crippen LogP contribution in [0.2, 0.25) is 0 Å². The highest BCUT2D eigenvalue weighted by Crippen LogP contribution is 2.48. The third kappa shape index (κ3) is 3.61. The van der Waals surface area contributed by atoms with Crippen LogP contribution in [0.25, 0.3) is 10.8 Å². The Labute approximate surface area is 158 Å². The summed E-state index contributed by atoms with van der Waals surface area (Å²) in [6.45, 7) is 2.59. The van der Waals surface area contributed by atoms with Crippen LogP contribution in [-0.2, 0) is 6.61 Å². The van der Waals surface area contributed by atoms with E-state index >= 15 is 0 Å². The van der Waals surface area contributed by atoms with Crippen molar-refractivity contribution in [2.24, 2.45) is 0 Å². The Morgan fingerprint density at radius 1 is 1.11 bits per heavy atom. The Morgan fingerprint density at radius 2 is 1.81 bits per heavy atom. The van der Waals surface area contributed by atoms with Crippen molar-refractivity contribution in [2.45, 2.75) is 37.8 Å². The van der Waals surface area contributed by atoms with Crippen molar-refractivity contribution in [3.63, 3.8) is 0 Å². The Bertz CT molecular complexity index is 964. The van der Waals surface area contributed by atoms with Gasteiger partial charge in [0.15, 0.2) is 0 Å². The van der Waals surface area contributed by atoms with Crippen molar-refractivity contribution in [3.05, 3.63) is 77.9 Å². The first-order valence-electron chi connectivity index (χ1n) is 9.28. The molecule has 4 heteroatoms. The number of carboxylic acid groups (broad SMARTS) is 1. The quantitative estimate of drug-likeness (QED) is 0.624. The first kappa shape index (κ1) is 17.4. The summed E-state index contributed by atoms with van der Waals surface area (Å²) in [5.41, 5.74) is 1.86. The number of amides is 1. The van der Waals surface area contributed by atoms with E-state index in [0.717, 1.165) is 40.5 Å². The van der Waals surface area contributed by atoms with Crippen LogP contribution in [0.4, 0.5) is 4.79 Å². The predicted molar refractivity (Wildman–Crippen MR) is 106 cm³/mol. The molecule has 1 aliphatic rings. The maximum Gasteiger partial charge on any atom is 0.405 e. The molecule has 0 radical (unpaired) electrons. The summed E-state index contributed by atoms with van der Waals surface area (Å²) in [7, 11) is 0. The predicted octanol–water partition coefficient (Wildman–Crippen LogP) is 5.32. The standard InChI is InChI=1S/C23H23NO3/c1-16(23(11-12-23)24-22(25)26)19-13-18-9-5-6-10-20(18)21(14-19)27-15-17-7-3-2-4-8-17/h2-10,13-14,16,24H,11-12,15H2,1H3,(H,25,26). The molecule has 1 saturated carbocycles. The highest BCUT2D eigenvalue weighted by atomic mass is 16.5. The molecule has 0 heterocycles. The minimum absolute atomic E-state index is 0.0808. The molecule has 0 saturated heterocycles. The fourth-order valence-corrected chi connectivity index (χ4v) is 3.74. The maximum atomic E-state index is 11.2. The molecule has 1 unspecified atom stereocenters. The first-order valence-corrected chi connectivity index (χ1v) is 9.28. The summed E-state index contributed by atoms with van der Waals surface area (Å²) in [6.07, 6.45) is 0.779. The minimum Gasteiger partial charge on any atom is -0.488 e. The van der Waals surface area contributed by atoms with Gasteiger partial charge in [-0.1, -0.05) is 67.6 Å². The number of carbonyl (C=O) groups is 1. The second kappa shape index (κ2) is 6.95. The summed E-state index contributed by atoms with van der Waals surface area (Å²) in [5, 5.41) is 14.1. The third-order valence-electron chi connectivity index (χ3n) is 5.56. The van der Waals surface area contributed by atoms with Gasteiger partial charge < -0.3 is 15.2 Å². The lowest BCUT2D eigenvalue weighted by Crippen LogP contribution is -2.39. The topological polar surface area (TPSA) is 58.6 Å². The highest BCUT2D eigenvalue weighted by molar-refractivity contribution is 5.89. The summed E-state index contributed by atoms with van der Waals surface area (Å²) in [6, 6.07) is 22.5. The third-order valence-corrected chi connectivity index (χ3v) is 5.56. The fraction of sp³-hybridized carbons (Fsp3) is 0.261. The van der Waals surface area contributed by atoms with Gasteiger partial charge in [0.2, 0.25) is 0 Å². The zero-order valence-corrected chi connectivity index (χ0v) is 15.3. The van der Waals surface area contributed by atoms with Gasteiger partial charge in [0.05, 0.1) is 5.54 Å².